The van der Waals surface area contributed by atoms with Gasteiger partial charge in [-0.25, -0.2) is 0 Å². The molecule has 0 aliphatic carbocycles. The van der Waals surface area contributed by atoms with Crippen molar-refractivity contribution in [3.8, 4) is 11.5 Å². The van der Waals surface area contributed by atoms with Gasteiger partial charge in [0.1, 0.15) is 18.1 Å². The van der Waals surface area contributed by atoms with Crippen LogP contribution in [0.1, 0.15) is 11.1 Å². The number of nitrogens with zero attached hydrogens (tertiary/aromatic N) is 1. The predicted molar refractivity (Wildman–Crippen MR) is 106 cm³/mol. The van der Waals surface area contributed by atoms with Crippen molar-refractivity contribution in [3.63, 3.8) is 0 Å². The van der Waals surface area contributed by atoms with Crippen LogP contribution in [0.3, 0.4) is 0 Å². The number of likely N-dealkylation sites (N-methyl/N-ethyl adjacent to an activating group) is 1. The van der Waals surface area contributed by atoms with Crippen molar-refractivity contribution in [1.29, 1.82) is 0 Å². The highest BCUT2D eigenvalue weighted by Gasteiger charge is 2.11. The maximum Gasteiger partial charge on any atom is 0.238 e. The molecule has 0 fully saturated rings. The van der Waals surface area contributed by atoms with Gasteiger partial charge in [-0.3, -0.25) is 9.69 Å². The molecular formula is C20H25ClN2O3. The van der Waals surface area contributed by atoms with Crippen LogP contribution in [0.15, 0.2) is 36.4 Å². The molecule has 1 N–H and O–H groups in total. The normalized spacial score (nSPS) is 10.7. The van der Waals surface area contributed by atoms with Crippen LogP contribution in [0.2, 0.25) is 5.02 Å². The van der Waals surface area contributed by atoms with E-state index in [2.05, 4.69) is 11.4 Å². The first-order valence-corrected chi connectivity index (χ1v) is 8.79. The molecule has 0 aromatic heterocycles. The van der Waals surface area contributed by atoms with Crippen LogP contribution in [-0.2, 0) is 4.79 Å². The maximum absolute atomic E-state index is 12.2. The summed E-state index contributed by atoms with van der Waals surface area (Å²) in [5.74, 6) is 1.31. The predicted octanol–water partition coefficient (Wildman–Crippen LogP) is 3.91. The number of carbonyl (C=O) groups is 1. The van der Waals surface area contributed by atoms with E-state index >= 15 is 0 Å². The van der Waals surface area contributed by atoms with Crippen molar-refractivity contribution in [1.82, 2.24) is 4.90 Å². The summed E-state index contributed by atoms with van der Waals surface area (Å²) in [6.45, 7) is 5.44. The summed E-state index contributed by atoms with van der Waals surface area (Å²) in [5, 5.41) is 3.37. The van der Waals surface area contributed by atoms with Gasteiger partial charge in [-0.2, -0.15) is 0 Å². The highest BCUT2D eigenvalue weighted by atomic mass is 35.5. The molecule has 0 aliphatic heterocycles. The van der Waals surface area contributed by atoms with Crippen LogP contribution in [0.4, 0.5) is 5.69 Å². The number of methoxy groups -OCH3 is 1. The number of nitrogens with one attached hydrogen (secondary N) is 1. The molecule has 1 amide bonds. The van der Waals surface area contributed by atoms with E-state index in [0.29, 0.717) is 29.6 Å². The molecule has 140 valence electrons. The molecule has 2 rings (SSSR count). The summed E-state index contributed by atoms with van der Waals surface area (Å²) in [5.41, 5.74) is 2.82. The van der Waals surface area contributed by atoms with Crippen LogP contribution in [-0.4, -0.2) is 44.7 Å². The fraction of sp³-hybridized carbons (Fsp3) is 0.350. The quantitative estimate of drug-likeness (QED) is 0.758. The van der Waals surface area contributed by atoms with Gasteiger partial charge in [0.25, 0.3) is 0 Å². The molecule has 6 heteroatoms. The molecule has 0 aliphatic rings. The highest BCUT2D eigenvalue weighted by Crippen LogP contribution is 2.27. The van der Waals surface area contributed by atoms with Gasteiger partial charge < -0.3 is 14.8 Å². The molecular weight excluding hydrogens is 352 g/mol. The van der Waals surface area contributed by atoms with Gasteiger partial charge in [-0.05, 0) is 56.3 Å². The lowest BCUT2D eigenvalue weighted by Crippen LogP contribution is -2.33. The Morgan fingerprint density at radius 2 is 1.92 bits per heavy atom. The summed E-state index contributed by atoms with van der Waals surface area (Å²) in [6.07, 6.45) is 0. The number of amides is 1. The minimum Gasteiger partial charge on any atom is -0.495 e. The molecule has 0 spiro atoms. The Morgan fingerprint density at radius 1 is 1.15 bits per heavy atom. The number of hydrogen-bond acceptors (Lipinski definition) is 4. The molecule has 0 saturated carbocycles. The summed E-state index contributed by atoms with van der Waals surface area (Å²) < 4.78 is 11.1. The monoisotopic (exact) mass is 376 g/mol. The largest absolute Gasteiger partial charge is 0.495 e. The van der Waals surface area contributed by atoms with E-state index in [9.17, 15) is 4.79 Å². The van der Waals surface area contributed by atoms with E-state index in [1.165, 1.54) is 0 Å². The number of halogens is 1. The third-order valence-electron chi connectivity index (χ3n) is 3.92. The first-order chi connectivity index (χ1) is 12.4. The van der Waals surface area contributed by atoms with Crippen molar-refractivity contribution in [3.05, 3.63) is 52.5 Å². The number of benzene rings is 2. The SMILES string of the molecule is COc1ccc(Cl)cc1NC(=O)CN(C)CCOc1cc(C)ccc1C. The van der Waals surface area contributed by atoms with Crippen LogP contribution < -0.4 is 14.8 Å². The summed E-state index contributed by atoms with van der Waals surface area (Å²) in [6, 6.07) is 11.2. The van der Waals surface area contributed by atoms with E-state index in [1.54, 1.807) is 25.3 Å². The molecule has 0 atom stereocenters. The van der Waals surface area contributed by atoms with Crippen molar-refractivity contribution in [2.24, 2.45) is 0 Å². The Hall–Kier alpha value is -2.24. The summed E-state index contributed by atoms with van der Waals surface area (Å²) in [4.78, 5) is 14.1. The van der Waals surface area contributed by atoms with Gasteiger partial charge in [-0.15, -0.1) is 0 Å². The second-order valence-corrected chi connectivity index (χ2v) is 6.68. The summed E-state index contributed by atoms with van der Waals surface area (Å²) in [7, 11) is 3.43. The molecule has 5 nitrogen and oxygen atoms in total. The van der Waals surface area contributed by atoms with Gasteiger partial charge in [0.2, 0.25) is 5.91 Å². The lowest BCUT2D eigenvalue weighted by molar-refractivity contribution is -0.117. The zero-order valence-corrected chi connectivity index (χ0v) is 16.4. The van der Waals surface area contributed by atoms with E-state index in [1.807, 2.05) is 37.9 Å². The lowest BCUT2D eigenvalue weighted by Gasteiger charge is -2.18. The number of aryl methyl sites for hydroxylation is 2. The van der Waals surface area contributed by atoms with Gasteiger partial charge in [0, 0.05) is 11.6 Å². The van der Waals surface area contributed by atoms with Crippen LogP contribution in [0, 0.1) is 13.8 Å². The fourth-order valence-electron chi connectivity index (χ4n) is 2.47. The third kappa shape index (κ3) is 5.93. The second-order valence-electron chi connectivity index (χ2n) is 6.25. The molecule has 26 heavy (non-hydrogen) atoms. The van der Waals surface area contributed by atoms with E-state index in [4.69, 9.17) is 21.1 Å². The minimum atomic E-state index is -0.139. The number of carbonyl (C=O) groups excluding carboxylic acids is 1. The fourth-order valence-corrected chi connectivity index (χ4v) is 2.64. The summed E-state index contributed by atoms with van der Waals surface area (Å²) >= 11 is 5.98. The molecule has 2 aromatic carbocycles. The highest BCUT2D eigenvalue weighted by molar-refractivity contribution is 6.31. The van der Waals surface area contributed by atoms with E-state index in [-0.39, 0.29) is 12.5 Å². The molecule has 0 saturated heterocycles. The average molecular weight is 377 g/mol. The first kappa shape index (κ1) is 20.1. The number of rotatable bonds is 8. The Labute approximate surface area is 159 Å². The second kappa shape index (κ2) is 9.46. The smallest absolute Gasteiger partial charge is 0.238 e. The van der Waals surface area contributed by atoms with E-state index < -0.39 is 0 Å². The van der Waals surface area contributed by atoms with Crippen molar-refractivity contribution >= 4 is 23.2 Å². The van der Waals surface area contributed by atoms with Crippen molar-refractivity contribution in [2.45, 2.75) is 13.8 Å². The van der Waals surface area contributed by atoms with Gasteiger partial charge in [0.15, 0.2) is 0 Å². The van der Waals surface area contributed by atoms with Gasteiger partial charge >= 0.3 is 0 Å². The Balaban J connectivity index is 1.82. The molecule has 2 aromatic rings. The number of ether oxygens (including phenoxy) is 2. The lowest BCUT2D eigenvalue weighted by atomic mass is 10.1. The number of anilines is 1. The minimum absolute atomic E-state index is 0.139. The third-order valence-corrected chi connectivity index (χ3v) is 4.16. The molecule has 0 heterocycles. The molecule has 0 unspecified atom stereocenters. The van der Waals surface area contributed by atoms with Crippen LogP contribution in [0.5, 0.6) is 11.5 Å². The van der Waals surface area contributed by atoms with Crippen LogP contribution in [0.25, 0.3) is 0 Å². The molecule has 0 bridgehead atoms. The van der Waals surface area contributed by atoms with Crippen molar-refractivity contribution < 1.29 is 14.3 Å². The topological polar surface area (TPSA) is 50.8 Å². The van der Waals surface area contributed by atoms with Gasteiger partial charge in [-0.1, -0.05) is 23.7 Å². The Morgan fingerprint density at radius 3 is 2.65 bits per heavy atom. The van der Waals surface area contributed by atoms with Gasteiger partial charge in [0.05, 0.1) is 19.3 Å². The average Bonchev–Trinajstić information content (AvgIpc) is 2.58. The zero-order valence-electron chi connectivity index (χ0n) is 15.6. The Kier molecular flexibility index (Phi) is 7.30. The zero-order chi connectivity index (χ0) is 19.1. The standard InChI is InChI=1S/C20H25ClN2O3/c1-14-5-6-15(2)19(11-14)26-10-9-23(3)13-20(24)22-17-12-16(21)7-8-18(17)25-4/h5-8,11-12H,9-10,13H2,1-4H3,(H,22,24). The van der Waals surface area contributed by atoms with Crippen molar-refractivity contribution in [2.75, 3.05) is 39.2 Å². The molecule has 0 radical (unpaired) electrons. The Bertz CT molecular complexity index is 765. The van der Waals surface area contributed by atoms with E-state index in [0.717, 1.165) is 16.9 Å². The first-order valence-electron chi connectivity index (χ1n) is 8.41. The maximum atomic E-state index is 12.2. The van der Waals surface area contributed by atoms with Crippen LogP contribution >= 0.6 is 11.6 Å². The number of hydrogen-bond donors (Lipinski definition) is 1.